The number of hydrogen-bond donors (Lipinski definition) is 3. The second-order valence-corrected chi connectivity index (χ2v) is 14.7. The van der Waals surface area contributed by atoms with Crippen molar-refractivity contribution in [1.82, 2.24) is 16.4 Å². The average Bonchev–Trinajstić information content (AvgIpc) is 3.78. The van der Waals surface area contributed by atoms with Crippen molar-refractivity contribution in [3.8, 4) is 11.1 Å². The molecule has 2 aromatic rings. The zero-order valence-electron chi connectivity index (χ0n) is 34.7. The van der Waals surface area contributed by atoms with Crippen molar-refractivity contribution in [2.75, 3.05) is 18.9 Å². The van der Waals surface area contributed by atoms with Gasteiger partial charge in [-0.2, -0.15) is 0 Å². The van der Waals surface area contributed by atoms with Crippen molar-refractivity contribution in [1.29, 1.82) is 0 Å². The molecule has 0 fully saturated rings. The SMILES string of the molecule is C1=CCC(CN/C=C/C2C=CC=CC2)=C1.C=C(\C=C/C(=C\Nc1ccc(-c2ccccc2)cc1)C1=C/C(CC)C2=CC=CC(C2)N(C)/C=C\1)/C(C)=C/C=C\CC.N. The molecule has 2 bridgehead atoms. The van der Waals surface area contributed by atoms with Crippen LogP contribution >= 0.6 is 0 Å². The van der Waals surface area contributed by atoms with E-state index in [1.807, 2.05) is 0 Å². The van der Waals surface area contributed by atoms with E-state index in [0.29, 0.717) is 17.9 Å². The second kappa shape index (κ2) is 23.9. The van der Waals surface area contributed by atoms with E-state index >= 15 is 0 Å². The van der Waals surface area contributed by atoms with Gasteiger partial charge in [0.05, 0.1) is 6.04 Å². The molecule has 4 nitrogen and oxygen atoms in total. The number of fused-ring (bicyclic) bond motifs is 2. The van der Waals surface area contributed by atoms with Crippen LogP contribution in [0.15, 0.2) is 223 Å². The molecule has 1 aliphatic heterocycles. The number of benzene rings is 2. The lowest BCUT2D eigenvalue weighted by atomic mass is 9.86. The Morgan fingerprint density at radius 2 is 1.72 bits per heavy atom. The largest absolute Gasteiger partial charge is 0.387 e. The van der Waals surface area contributed by atoms with Gasteiger partial charge in [0.25, 0.3) is 0 Å². The van der Waals surface area contributed by atoms with E-state index in [4.69, 9.17) is 0 Å². The molecule has 3 atom stereocenters. The average molecular weight is 757 g/mol. The molecule has 6 rings (SSSR count). The number of anilines is 1. The van der Waals surface area contributed by atoms with Crippen LogP contribution in [0.4, 0.5) is 5.69 Å². The van der Waals surface area contributed by atoms with E-state index in [1.54, 1.807) is 0 Å². The lowest BCUT2D eigenvalue weighted by molar-refractivity contribution is 0.373. The highest BCUT2D eigenvalue weighted by atomic mass is 15.1. The molecule has 0 radical (unpaired) electrons. The Bertz CT molecular complexity index is 2000. The fourth-order valence-electron chi connectivity index (χ4n) is 6.80. The Morgan fingerprint density at radius 3 is 2.44 bits per heavy atom. The van der Waals surface area contributed by atoms with Crippen molar-refractivity contribution >= 4 is 5.69 Å². The summed E-state index contributed by atoms with van der Waals surface area (Å²) < 4.78 is 0. The number of likely N-dealkylation sites (N-methyl/N-ethyl adjacent to an activating group) is 1. The van der Waals surface area contributed by atoms with Gasteiger partial charge in [0.2, 0.25) is 0 Å². The van der Waals surface area contributed by atoms with Crippen LogP contribution in [0.25, 0.3) is 11.1 Å². The molecule has 0 amide bonds. The molecule has 0 spiro atoms. The molecule has 4 heteroatoms. The van der Waals surface area contributed by atoms with Crippen LogP contribution in [0.2, 0.25) is 0 Å². The summed E-state index contributed by atoms with van der Waals surface area (Å²) >= 11 is 0. The Hall–Kier alpha value is -5.84. The summed E-state index contributed by atoms with van der Waals surface area (Å²) in [7, 11) is 2.17. The Balaban J connectivity index is 0.000000376. The molecule has 0 saturated carbocycles. The van der Waals surface area contributed by atoms with Crippen LogP contribution < -0.4 is 16.8 Å². The molecule has 1 heterocycles. The first-order valence-electron chi connectivity index (χ1n) is 20.3. The lowest BCUT2D eigenvalue weighted by Crippen LogP contribution is -2.27. The molecule has 3 aliphatic carbocycles. The molecule has 0 aromatic heterocycles. The van der Waals surface area contributed by atoms with Crippen LogP contribution in [-0.2, 0) is 0 Å². The zero-order chi connectivity index (χ0) is 39.4. The van der Waals surface area contributed by atoms with Crippen molar-refractivity contribution in [2.45, 2.75) is 58.9 Å². The molecule has 5 N–H and O–H groups in total. The van der Waals surface area contributed by atoms with Gasteiger partial charge in [-0.15, -0.1) is 0 Å². The lowest BCUT2D eigenvalue weighted by Gasteiger charge is -2.28. The van der Waals surface area contributed by atoms with Crippen LogP contribution in [-0.4, -0.2) is 24.5 Å². The Labute approximate surface area is 344 Å². The molecule has 4 aliphatic rings. The number of allylic oxidation sites excluding steroid dienone is 21. The summed E-state index contributed by atoms with van der Waals surface area (Å²) in [6.07, 6.45) is 51.4. The van der Waals surface area contributed by atoms with Crippen LogP contribution in [0.1, 0.15) is 52.9 Å². The third kappa shape index (κ3) is 14.3. The maximum atomic E-state index is 4.34. The smallest absolute Gasteiger partial charge is 0.0504 e. The topological polar surface area (TPSA) is 62.3 Å². The Morgan fingerprint density at radius 1 is 0.912 bits per heavy atom. The zero-order valence-corrected chi connectivity index (χ0v) is 34.7. The summed E-state index contributed by atoms with van der Waals surface area (Å²) in [6.45, 7) is 11.9. The summed E-state index contributed by atoms with van der Waals surface area (Å²) in [5, 5.41) is 6.90. The van der Waals surface area contributed by atoms with Gasteiger partial charge < -0.3 is 21.7 Å². The predicted octanol–water partition coefficient (Wildman–Crippen LogP) is 13.6. The van der Waals surface area contributed by atoms with Crippen molar-refractivity contribution in [2.24, 2.45) is 11.8 Å². The van der Waals surface area contributed by atoms with E-state index < -0.39 is 0 Å². The summed E-state index contributed by atoms with van der Waals surface area (Å²) in [6, 6.07) is 19.5. The number of nitrogens with zero attached hydrogens (tertiary/aromatic N) is 1. The monoisotopic (exact) mass is 757 g/mol. The van der Waals surface area contributed by atoms with Gasteiger partial charge in [-0.3, -0.25) is 0 Å². The van der Waals surface area contributed by atoms with E-state index in [2.05, 4.69) is 232 Å². The van der Waals surface area contributed by atoms with Gasteiger partial charge in [-0.25, -0.2) is 0 Å². The van der Waals surface area contributed by atoms with Gasteiger partial charge in [-0.1, -0.05) is 172 Å². The van der Waals surface area contributed by atoms with Gasteiger partial charge >= 0.3 is 0 Å². The highest BCUT2D eigenvalue weighted by Crippen LogP contribution is 2.32. The standard InChI is InChI=1S/C39H44N2.C14H17N.H3N/c1-6-8-10-14-30(3)31(4)19-20-37(29-40-38-23-21-34(22-24-38)33-15-11-9-12-16-33)36-25-26-41(5)39-18-13-17-35(28-39)32(7-2)27-36;1-2-6-13(7-3-1)10-11-15-12-14-8-4-5-9-14;/h8-27,29,32,39-40H,4,6-7,28H2,1-3,5H3;1-6,8,10-11,13,15H,7,9,12H2;1H3/b10-8-,20-19-,26-25-,30-14+,36-27+,37-29+;11-10+;. The molecule has 3 unspecified atom stereocenters. The summed E-state index contributed by atoms with van der Waals surface area (Å²) in [5.74, 6) is 0.956. The minimum Gasteiger partial charge on any atom is -0.387 e. The van der Waals surface area contributed by atoms with Crippen molar-refractivity contribution in [3.05, 3.63) is 223 Å². The number of hydrogen-bond acceptors (Lipinski definition) is 4. The molecule has 0 saturated heterocycles. The first-order chi connectivity index (χ1) is 27.4. The van der Waals surface area contributed by atoms with E-state index in [1.165, 1.54) is 27.8 Å². The fraction of sp³-hybridized carbons (Fsp3) is 0.245. The van der Waals surface area contributed by atoms with Gasteiger partial charge in [0, 0.05) is 31.4 Å². The van der Waals surface area contributed by atoms with Crippen LogP contribution in [0.3, 0.4) is 0 Å². The van der Waals surface area contributed by atoms with Crippen LogP contribution in [0.5, 0.6) is 0 Å². The Kier molecular flexibility index (Phi) is 18.4. The first kappa shape index (κ1) is 43.9. The minimum atomic E-state index is 0. The van der Waals surface area contributed by atoms with E-state index in [-0.39, 0.29) is 6.15 Å². The maximum Gasteiger partial charge on any atom is 0.0504 e. The van der Waals surface area contributed by atoms with Crippen molar-refractivity contribution < 1.29 is 0 Å². The molecule has 296 valence electrons. The van der Waals surface area contributed by atoms with Crippen LogP contribution in [0, 0.1) is 11.8 Å². The first-order valence-corrected chi connectivity index (χ1v) is 20.3. The third-order valence-electron chi connectivity index (χ3n) is 10.5. The highest BCUT2D eigenvalue weighted by Gasteiger charge is 2.21. The van der Waals surface area contributed by atoms with Crippen molar-refractivity contribution in [3.63, 3.8) is 0 Å². The normalized spacial score (nSPS) is 21.8. The van der Waals surface area contributed by atoms with E-state index in [0.717, 1.165) is 61.1 Å². The molecular weight excluding hydrogens is 693 g/mol. The second-order valence-electron chi connectivity index (χ2n) is 14.7. The maximum absolute atomic E-state index is 4.34. The van der Waals surface area contributed by atoms with Gasteiger partial charge in [0.1, 0.15) is 0 Å². The number of nitrogens with one attached hydrogen (secondary N) is 2. The van der Waals surface area contributed by atoms with Gasteiger partial charge in [-0.05, 0) is 115 Å². The van der Waals surface area contributed by atoms with E-state index in [9.17, 15) is 0 Å². The fourth-order valence-corrected chi connectivity index (χ4v) is 6.80. The molecular formula is C53H64N4. The molecule has 2 aromatic carbocycles. The highest BCUT2D eigenvalue weighted by molar-refractivity contribution is 5.66. The van der Waals surface area contributed by atoms with Gasteiger partial charge in [0.15, 0.2) is 0 Å². The number of rotatable bonds is 14. The quantitative estimate of drug-likeness (QED) is 0.168. The summed E-state index contributed by atoms with van der Waals surface area (Å²) in [5.41, 5.74) is 10.9. The summed E-state index contributed by atoms with van der Waals surface area (Å²) in [4.78, 5) is 2.32. The molecule has 57 heavy (non-hydrogen) atoms. The third-order valence-corrected chi connectivity index (χ3v) is 10.5. The predicted molar refractivity (Wildman–Crippen MR) is 250 cm³/mol. The minimum absolute atomic E-state index is 0.